The summed E-state index contributed by atoms with van der Waals surface area (Å²) in [5.41, 5.74) is 3.32. The van der Waals surface area contributed by atoms with Crippen molar-refractivity contribution in [2.45, 2.75) is 26.7 Å². The molecular weight excluding hydrogens is 444 g/mol. The lowest BCUT2D eigenvalue weighted by Crippen LogP contribution is -2.32. The van der Waals surface area contributed by atoms with Crippen LogP contribution in [0.4, 0.5) is 11.4 Å². The maximum atomic E-state index is 13.1. The van der Waals surface area contributed by atoms with Crippen molar-refractivity contribution < 1.29 is 23.9 Å². The van der Waals surface area contributed by atoms with Crippen LogP contribution in [0.15, 0.2) is 54.6 Å². The lowest BCUT2D eigenvalue weighted by Gasteiger charge is -2.20. The fourth-order valence-electron chi connectivity index (χ4n) is 6.17. The van der Waals surface area contributed by atoms with Crippen molar-refractivity contribution in [3.05, 3.63) is 65.7 Å². The second kappa shape index (κ2) is 7.90. The van der Waals surface area contributed by atoms with Crippen molar-refractivity contribution in [1.29, 1.82) is 0 Å². The Bertz CT molecular complexity index is 1280. The fraction of sp³-hybridized carbons (Fsp3) is 0.357. The van der Waals surface area contributed by atoms with E-state index in [1.165, 1.54) is 4.90 Å². The number of rotatable bonds is 4. The minimum absolute atomic E-state index is 0.0775. The van der Waals surface area contributed by atoms with Crippen LogP contribution in [-0.2, 0) is 19.2 Å². The van der Waals surface area contributed by atoms with Crippen LogP contribution in [-0.4, -0.2) is 30.2 Å². The Kier molecular flexibility index (Phi) is 4.91. The van der Waals surface area contributed by atoms with Crippen molar-refractivity contribution in [2.75, 3.05) is 16.3 Å². The third kappa shape index (κ3) is 3.32. The fourth-order valence-corrected chi connectivity index (χ4v) is 6.17. The number of benzene rings is 2. The third-order valence-electron chi connectivity index (χ3n) is 8.09. The van der Waals surface area contributed by atoms with Crippen molar-refractivity contribution in [3.63, 3.8) is 0 Å². The van der Waals surface area contributed by atoms with Crippen LogP contribution in [0, 0.1) is 43.4 Å². The van der Waals surface area contributed by atoms with Crippen LogP contribution in [0.5, 0.6) is 5.75 Å². The number of fused-ring (bicyclic) bond motifs is 5. The monoisotopic (exact) mass is 470 g/mol. The molecule has 2 aromatic rings. The molecule has 2 bridgehead atoms. The summed E-state index contributed by atoms with van der Waals surface area (Å²) in [5.74, 6) is -1.62. The smallest absolute Gasteiger partial charge is 0.316 e. The van der Waals surface area contributed by atoms with Gasteiger partial charge in [-0.15, -0.1) is 0 Å². The van der Waals surface area contributed by atoms with Gasteiger partial charge in [0.2, 0.25) is 17.7 Å². The van der Waals surface area contributed by atoms with Crippen molar-refractivity contribution in [2.24, 2.45) is 29.6 Å². The first kappa shape index (κ1) is 21.8. The van der Waals surface area contributed by atoms with Crippen LogP contribution in [0.1, 0.15) is 24.0 Å². The van der Waals surface area contributed by atoms with Crippen LogP contribution in [0.3, 0.4) is 0 Å². The molecule has 6 rings (SSSR count). The zero-order valence-corrected chi connectivity index (χ0v) is 19.6. The molecule has 0 radical (unpaired) electrons. The van der Waals surface area contributed by atoms with Gasteiger partial charge >= 0.3 is 5.97 Å². The molecule has 5 atom stereocenters. The highest BCUT2D eigenvalue weighted by Crippen LogP contribution is 2.53. The van der Waals surface area contributed by atoms with E-state index in [0.717, 1.165) is 23.2 Å². The van der Waals surface area contributed by atoms with Crippen LogP contribution in [0.25, 0.3) is 0 Å². The van der Waals surface area contributed by atoms with E-state index in [9.17, 15) is 19.2 Å². The van der Waals surface area contributed by atoms with E-state index >= 15 is 0 Å². The maximum absolute atomic E-state index is 13.1. The Morgan fingerprint density at radius 1 is 0.943 bits per heavy atom. The highest BCUT2D eigenvalue weighted by molar-refractivity contribution is 6.22. The predicted molar refractivity (Wildman–Crippen MR) is 129 cm³/mol. The predicted octanol–water partition coefficient (Wildman–Crippen LogP) is 3.57. The molecule has 2 saturated heterocycles. The van der Waals surface area contributed by atoms with Crippen molar-refractivity contribution in [1.82, 2.24) is 0 Å². The van der Waals surface area contributed by atoms with Gasteiger partial charge in [0.15, 0.2) is 0 Å². The largest absolute Gasteiger partial charge is 0.426 e. The topological polar surface area (TPSA) is 84.0 Å². The van der Waals surface area contributed by atoms with Gasteiger partial charge in [0.05, 0.1) is 23.4 Å². The quantitative estimate of drug-likeness (QED) is 0.295. The minimum Gasteiger partial charge on any atom is -0.426 e. The molecule has 2 aromatic carbocycles. The summed E-state index contributed by atoms with van der Waals surface area (Å²) >= 11 is 0. The average Bonchev–Trinajstić information content (AvgIpc) is 3.59. The van der Waals surface area contributed by atoms with Crippen LogP contribution in [0.2, 0.25) is 0 Å². The van der Waals surface area contributed by atoms with Gasteiger partial charge in [0, 0.05) is 24.7 Å². The number of hydrogen-bond donors (Lipinski definition) is 0. The Balaban J connectivity index is 1.18. The lowest BCUT2D eigenvalue weighted by molar-refractivity contribution is -0.139. The summed E-state index contributed by atoms with van der Waals surface area (Å²) in [6, 6.07) is 12.3. The van der Waals surface area contributed by atoms with E-state index in [1.807, 2.05) is 32.0 Å². The molecular formula is C28H26N2O5. The molecule has 4 aliphatic rings. The lowest BCUT2D eigenvalue weighted by atomic mass is 9.85. The van der Waals surface area contributed by atoms with E-state index in [1.54, 1.807) is 29.2 Å². The van der Waals surface area contributed by atoms with Crippen molar-refractivity contribution in [3.8, 4) is 5.75 Å². The highest BCUT2D eigenvalue weighted by Gasteiger charge is 2.59. The zero-order valence-electron chi connectivity index (χ0n) is 19.6. The number of aryl methyl sites for hydroxylation is 1. The van der Waals surface area contributed by atoms with E-state index < -0.39 is 11.9 Å². The number of allylic oxidation sites excluding steroid dienone is 2. The number of esters is 1. The van der Waals surface area contributed by atoms with Gasteiger partial charge in [0.1, 0.15) is 5.75 Å². The highest BCUT2D eigenvalue weighted by atomic mass is 16.5. The zero-order chi connectivity index (χ0) is 24.4. The molecule has 7 nitrogen and oxygen atoms in total. The molecule has 2 aliphatic heterocycles. The Labute approximate surface area is 203 Å². The molecule has 1 saturated carbocycles. The first-order chi connectivity index (χ1) is 16.8. The van der Waals surface area contributed by atoms with Gasteiger partial charge < -0.3 is 9.64 Å². The molecule has 7 heteroatoms. The molecule has 2 aliphatic carbocycles. The van der Waals surface area contributed by atoms with Gasteiger partial charge in [-0.2, -0.15) is 0 Å². The summed E-state index contributed by atoms with van der Waals surface area (Å²) in [6.07, 6.45) is 5.07. The number of ether oxygens (including phenoxy) is 1. The average molecular weight is 471 g/mol. The van der Waals surface area contributed by atoms with Gasteiger partial charge in [-0.3, -0.25) is 19.2 Å². The molecule has 3 amide bonds. The first-order valence-electron chi connectivity index (χ1n) is 12.1. The number of carbonyl (C=O) groups is 4. The van der Waals surface area contributed by atoms with E-state index in [0.29, 0.717) is 5.69 Å². The molecule has 178 valence electrons. The number of hydrogen-bond acceptors (Lipinski definition) is 5. The van der Waals surface area contributed by atoms with E-state index in [2.05, 4.69) is 12.2 Å². The molecule has 35 heavy (non-hydrogen) atoms. The molecule has 0 unspecified atom stereocenters. The van der Waals surface area contributed by atoms with Crippen LogP contribution >= 0.6 is 0 Å². The Morgan fingerprint density at radius 3 is 2.34 bits per heavy atom. The summed E-state index contributed by atoms with van der Waals surface area (Å²) in [4.78, 5) is 54.8. The standard InChI is InChI=1S/C28H26N2O5/c1-15-5-3-8-22(16(15)2)29-14-19(12-23(29)31)28(34)35-21-7-4-6-20(13-21)30-26(32)24-17-9-10-18(11-17)25(24)27(30)33/h3-10,13,17-19,24-25H,11-12,14H2,1-2H3/t17-,18-,19+,24-,25-/m0/s1. The van der Waals surface area contributed by atoms with E-state index in [-0.39, 0.29) is 60.1 Å². The number of nitrogens with zero attached hydrogens (tertiary/aromatic N) is 2. The SMILES string of the molecule is Cc1cccc(N2C[C@H](C(=O)Oc3cccc(N4C(=O)[C@@H]5[C@@H](C4=O)[C@H]4C=C[C@H]5C4)c3)CC2=O)c1C. The molecule has 0 aromatic heterocycles. The summed E-state index contributed by atoms with van der Waals surface area (Å²) in [6.45, 7) is 4.21. The molecule has 0 spiro atoms. The second-order valence-corrected chi connectivity index (χ2v) is 10.1. The Hall–Kier alpha value is -3.74. The number of amides is 3. The number of carbonyl (C=O) groups excluding carboxylic acids is 4. The van der Waals surface area contributed by atoms with Gasteiger partial charge in [-0.25, -0.2) is 4.90 Å². The number of imide groups is 1. The molecule has 2 heterocycles. The van der Waals surface area contributed by atoms with Gasteiger partial charge in [0.25, 0.3) is 0 Å². The van der Waals surface area contributed by atoms with Gasteiger partial charge in [-0.1, -0.05) is 30.4 Å². The second-order valence-electron chi connectivity index (χ2n) is 10.1. The minimum atomic E-state index is -0.595. The third-order valence-corrected chi connectivity index (χ3v) is 8.09. The summed E-state index contributed by atoms with van der Waals surface area (Å²) < 4.78 is 5.62. The van der Waals surface area contributed by atoms with Gasteiger partial charge in [-0.05, 0) is 61.4 Å². The number of anilines is 2. The first-order valence-corrected chi connectivity index (χ1v) is 12.1. The van der Waals surface area contributed by atoms with E-state index in [4.69, 9.17) is 4.74 Å². The maximum Gasteiger partial charge on any atom is 0.316 e. The molecule has 0 N–H and O–H groups in total. The van der Waals surface area contributed by atoms with Crippen LogP contribution < -0.4 is 14.5 Å². The summed E-state index contributed by atoms with van der Waals surface area (Å²) in [5, 5.41) is 0. The summed E-state index contributed by atoms with van der Waals surface area (Å²) in [7, 11) is 0. The normalized spacial score (nSPS) is 28.9. The molecule has 3 fully saturated rings. The Morgan fingerprint density at radius 2 is 1.63 bits per heavy atom. The van der Waals surface area contributed by atoms with Crippen molar-refractivity contribution >= 4 is 35.1 Å².